The third kappa shape index (κ3) is 5.85. The molecule has 1 N–H and O–H groups in total. The number of halogens is 1. The minimum atomic E-state index is -0.198. The molecule has 1 amide bonds. The normalized spacial score (nSPS) is 10.8. The average Bonchev–Trinajstić information content (AvgIpc) is 2.57. The Kier molecular flexibility index (Phi) is 7.62. The summed E-state index contributed by atoms with van der Waals surface area (Å²) in [5.74, 6) is 0.484. The minimum absolute atomic E-state index is 0.0464. The third-order valence-corrected chi connectivity index (χ3v) is 5.19. The molecule has 0 bridgehead atoms. The van der Waals surface area contributed by atoms with Gasteiger partial charge in [0.1, 0.15) is 5.82 Å². The number of rotatable bonds is 8. The van der Waals surface area contributed by atoms with Crippen molar-refractivity contribution in [2.45, 2.75) is 9.79 Å². The highest BCUT2D eigenvalue weighted by Crippen LogP contribution is 2.24. The molecule has 3 nitrogen and oxygen atoms in total. The fourth-order valence-corrected chi connectivity index (χ4v) is 3.69. The average molecular weight is 365 g/mol. The molecule has 0 saturated carbocycles. The van der Waals surface area contributed by atoms with Crippen molar-refractivity contribution in [2.75, 3.05) is 37.5 Å². The van der Waals surface area contributed by atoms with Crippen molar-refractivity contribution < 1.29 is 9.18 Å². The number of benzene rings is 2. The van der Waals surface area contributed by atoms with Crippen LogP contribution in [0.4, 0.5) is 10.1 Å². The van der Waals surface area contributed by atoms with Crippen LogP contribution in [0.25, 0.3) is 0 Å². The first-order valence-corrected chi connectivity index (χ1v) is 9.80. The molecule has 2 rings (SSSR count). The molecule has 0 aliphatic rings. The summed E-state index contributed by atoms with van der Waals surface area (Å²) >= 11 is 3.06. The molecule has 2 aromatic carbocycles. The van der Waals surface area contributed by atoms with Crippen molar-refractivity contribution in [3.8, 4) is 0 Å². The smallest absolute Gasteiger partial charge is 0.238 e. The second-order valence-electron chi connectivity index (χ2n) is 5.27. The number of thioether (sulfide) groups is 2. The SMILES string of the molecule is CSc1ccccc1NC(=O)CN(C)CCSc1ccccc1F. The van der Waals surface area contributed by atoms with Gasteiger partial charge in [0, 0.05) is 22.1 Å². The van der Waals surface area contributed by atoms with Gasteiger partial charge in [-0.1, -0.05) is 24.3 Å². The standard InChI is InChI=1S/C18H21FN2OS2/c1-21(11-12-24-16-9-5-3-7-14(16)19)13-18(22)20-15-8-4-6-10-17(15)23-2/h3-10H,11-13H2,1-2H3,(H,20,22). The predicted molar refractivity (Wildman–Crippen MR) is 101 cm³/mol. The number of nitrogens with zero attached hydrogens (tertiary/aromatic N) is 1. The molecule has 0 radical (unpaired) electrons. The zero-order valence-electron chi connectivity index (χ0n) is 13.8. The molecule has 0 aliphatic carbocycles. The maximum absolute atomic E-state index is 13.5. The summed E-state index contributed by atoms with van der Waals surface area (Å²) in [5.41, 5.74) is 0.837. The van der Waals surface area contributed by atoms with Crippen LogP contribution in [0.1, 0.15) is 0 Å². The van der Waals surface area contributed by atoms with Crippen molar-refractivity contribution >= 4 is 35.1 Å². The first-order chi connectivity index (χ1) is 11.6. The van der Waals surface area contributed by atoms with Crippen molar-refractivity contribution in [1.82, 2.24) is 4.90 Å². The Labute approximate surface area is 151 Å². The van der Waals surface area contributed by atoms with Gasteiger partial charge in [-0.05, 0) is 37.6 Å². The Morgan fingerprint density at radius 1 is 1.12 bits per heavy atom. The molecule has 2 aromatic rings. The molecule has 6 heteroatoms. The summed E-state index contributed by atoms with van der Waals surface area (Å²) < 4.78 is 13.5. The Hall–Kier alpha value is -1.50. The maximum atomic E-state index is 13.5. The van der Waals surface area contributed by atoms with Crippen molar-refractivity contribution in [2.24, 2.45) is 0 Å². The summed E-state index contributed by atoms with van der Waals surface area (Å²) in [4.78, 5) is 15.8. The molecule has 0 fully saturated rings. The lowest BCUT2D eigenvalue weighted by Crippen LogP contribution is -2.31. The quantitative estimate of drug-likeness (QED) is 0.711. The minimum Gasteiger partial charge on any atom is -0.324 e. The van der Waals surface area contributed by atoms with E-state index in [1.165, 1.54) is 17.8 Å². The maximum Gasteiger partial charge on any atom is 0.238 e. The van der Waals surface area contributed by atoms with E-state index in [9.17, 15) is 9.18 Å². The van der Waals surface area contributed by atoms with Crippen molar-refractivity contribution in [3.05, 3.63) is 54.3 Å². The second-order valence-corrected chi connectivity index (χ2v) is 7.25. The Morgan fingerprint density at radius 3 is 2.50 bits per heavy atom. The summed E-state index contributed by atoms with van der Waals surface area (Å²) in [6.07, 6.45) is 1.98. The first-order valence-electron chi connectivity index (χ1n) is 7.59. The Balaban J connectivity index is 1.76. The van der Waals surface area contributed by atoms with Gasteiger partial charge in [-0.25, -0.2) is 4.39 Å². The van der Waals surface area contributed by atoms with E-state index in [1.807, 2.05) is 48.5 Å². The number of likely N-dealkylation sites (N-methyl/N-ethyl adjacent to an activating group) is 1. The first kappa shape index (κ1) is 18.8. The van der Waals surface area contributed by atoms with E-state index in [0.29, 0.717) is 18.0 Å². The molecule has 0 aromatic heterocycles. The van der Waals surface area contributed by atoms with E-state index in [-0.39, 0.29) is 11.7 Å². The molecule has 128 valence electrons. The highest BCUT2D eigenvalue weighted by Gasteiger charge is 2.09. The van der Waals surface area contributed by atoms with E-state index in [2.05, 4.69) is 5.32 Å². The van der Waals surface area contributed by atoms with Gasteiger partial charge < -0.3 is 5.32 Å². The molecule has 0 unspecified atom stereocenters. The van der Waals surface area contributed by atoms with Crippen LogP contribution in [0.3, 0.4) is 0 Å². The lowest BCUT2D eigenvalue weighted by atomic mass is 10.3. The van der Waals surface area contributed by atoms with Crippen LogP contribution in [0.5, 0.6) is 0 Å². The number of anilines is 1. The molecule has 0 aliphatic heterocycles. The highest BCUT2D eigenvalue weighted by atomic mass is 32.2. The van der Waals surface area contributed by atoms with Gasteiger partial charge in [0.25, 0.3) is 0 Å². The van der Waals surface area contributed by atoms with Crippen molar-refractivity contribution in [3.63, 3.8) is 0 Å². The van der Waals surface area contributed by atoms with Crippen LogP contribution < -0.4 is 5.32 Å². The molecule has 0 heterocycles. The second kappa shape index (κ2) is 9.71. The van der Waals surface area contributed by atoms with Crippen LogP contribution in [0.15, 0.2) is 58.3 Å². The molecule has 24 heavy (non-hydrogen) atoms. The monoisotopic (exact) mass is 364 g/mol. The number of carbonyl (C=O) groups is 1. The number of nitrogens with one attached hydrogen (secondary N) is 1. The van der Waals surface area contributed by atoms with Crippen LogP contribution in [-0.4, -0.2) is 43.0 Å². The van der Waals surface area contributed by atoms with E-state index in [4.69, 9.17) is 0 Å². The topological polar surface area (TPSA) is 32.3 Å². The molecule has 0 saturated heterocycles. The van der Waals surface area contributed by atoms with Gasteiger partial charge in [0.2, 0.25) is 5.91 Å². The Bertz CT molecular complexity index is 682. The fraction of sp³-hybridized carbons (Fsp3) is 0.278. The number of hydrogen-bond donors (Lipinski definition) is 1. The third-order valence-electron chi connectivity index (χ3n) is 3.36. The zero-order valence-corrected chi connectivity index (χ0v) is 15.4. The van der Waals surface area contributed by atoms with Crippen molar-refractivity contribution in [1.29, 1.82) is 0 Å². The lowest BCUT2D eigenvalue weighted by Gasteiger charge is -2.17. The molecular weight excluding hydrogens is 343 g/mol. The van der Waals surface area contributed by atoms with Gasteiger partial charge in [-0.15, -0.1) is 23.5 Å². The van der Waals surface area contributed by atoms with Gasteiger partial charge >= 0.3 is 0 Å². The van der Waals surface area contributed by atoms with Gasteiger partial charge in [-0.3, -0.25) is 9.69 Å². The van der Waals surface area contributed by atoms with Crippen LogP contribution in [-0.2, 0) is 4.79 Å². The van der Waals surface area contributed by atoms with E-state index >= 15 is 0 Å². The summed E-state index contributed by atoms with van der Waals surface area (Å²) in [5, 5.41) is 2.94. The van der Waals surface area contributed by atoms with Crippen LogP contribution in [0.2, 0.25) is 0 Å². The van der Waals surface area contributed by atoms with Gasteiger partial charge in [0.05, 0.1) is 12.2 Å². The zero-order chi connectivity index (χ0) is 17.4. The summed E-state index contributed by atoms with van der Waals surface area (Å²) in [6, 6.07) is 14.5. The molecular formula is C18H21FN2OS2. The number of amides is 1. The van der Waals surface area contributed by atoms with E-state index in [0.717, 1.165) is 16.3 Å². The summed E-state index contributed by atoms with van der Waals surface area (Å²) in [6.45, 7) is 1.01. The Morgan fingerprint density at radius 2 is 1.79 bits per heavy atom. The molecule has 0 spiro atoms. The van der Waals surface area contributed by atoms with Crippen LogP contribution >= 0.6 is 23.5 Å². The van der Waals surface area contributed by atoms with Gasteiger partial charge in [0.15, 0.2) is 0 Å². The summed E-state index contributed by atoms with van der Waals surface area (Å²) in [7, 11) is 1.89. The molecule has 0 atom stereocenters. The van der Waals surface area contributed by atoms with Crippen LogP contribution in [0, 0.1) is 5.82 Å². The number of para-hydroxylation sites is 1. The highest BCUT2D eigenvalue weighted by molar-refractivity contribution is 7.99. The fourth-order valence-electron chi connectivity index (χ4n) is 2.14. The lowest BCUT2D eigenvalue weighted by molar-refractivity contribution is -0.117. The predicted octanol–water partition coefficient (Wildman–Crippen LogP) is 4.21. The van der Waals surface area contributed by atoms with E-state index < -0.39 is 0 Å². The number of hydrogen-bond acceptors (Lipinski definition) is 4. The largest absolute Gasteiger partial charge is 0.324 e. The van der Waals surface area contributed by atoms with E-state index in [1.54, 1.807) is 23.9 Å². The van der Waals surface area contributed by atoms with Gasteiger partial charge in [-0.2, -0.15) is 0 Å². The number of carbonyl (C=O) groups excluding carboxylic acids is 1.